The molecule has 18 heavy (non-hydrogen) atoms. The molecule has 0 amide bonds. The van der Waals surface area contributed by atoms with Gasteiger partial charge in [0.05, 0.1) is 31.5 Å². The summed E-state index contributed by atoms with van der Waals surface area (Å²) in [4.78, 5) is 0. The SMILES string of the molecule is CC(C)NC(C)(C#N)CC(C)OCCOC(C)C. The normalized spacial score (nSPS) is 16.6. The van der Waals surface area contributed by atoms with Crippen molar-refractivity contribution in [2.24, 2.45) is 0 Å². The molecule has 0 aromatic carbocycles. The molecule has 0 aliphatic heterocycles. The molecule has 1 N–H and O–H groups in total. The minimum Gasteiger partial charge on any atom is -0.376 e. The second-order valence-corrected chi connectivity index (χ2v) is 5.55. The van der Waals surface area contributed by atoms with Crippen LogP contribution in [0.15, 0.2) is 0 Å². The third-order valence-electron chi connectivity index (χ3n) is 2.49. The van der Waals surface area contributed by atoms with E-state index in [4.69, 9.17) is 9.47 Å². The van der Waals surface area contributed by atoms with Crippen LogP contribution >= 0.6 is 0 Å². The average molecular weight is 256 g/mol. The van der Waals surface area contributed by atoms with Crippen LogP contribution in [0.4, 0.5) is 0 Å². The lowest BCUT2D eigenvalue weighted by Crippen LogP contribution is -2.47. The minimum atomic E-state index is -0.535. The zero-order valence-electron chi connectivity index (χ0n) is 12.6. The van der Waals surface area contributed by atoms with E-state index in [0.29, 0.717) is 19.6 Å². The van der Waals surface area contributed by atoms with Gasteiger partial charge in [-0.1, -0.05) is 0 Å². The lowest BCUT2D eigenvalue weighted by atomic mass is 9.95. The molecule has 2 unspecified atom stereocenters. The molecule has 0 saturated heterocycles. The minimum absolute atomic E-state index is 0.0386. The number of nitriles is 1. The smallest absolute Gasteiger partial charge is 0.106 e. The van der Waals surface area contributed by atoms with E-state index in [1.54, 1.807) is 0 Å². The summed E-state index contributed by atoms with van der Waals surface area (Å²) in [7, 11) is 0. The summed E-state index contributed by atoms with van der Waals surface area (Å²) in [5.74, 6) is 0. The van der Waals surface area contributed by atoms with E-state index < -0.39 is 5.54 Å². The quantitative estimate of drug-likeness (QED) is 0.644. The molecule has 0 aliphatic rings. The summed E-state index contributed by atoms with van der Waals surface area (Å²) in [5, 5.41) is 12.5. The van der Waals surface area contributed by atoms with Gasteiger partial charge in [-0.05, 0) is 41.5 Å². The average Bonchev–Trinajstić information content (AvgIpc) is 2.23. The van der Waals surface area contributed by atoms with Crippen LogP contribution in [-0.4, -0.2) is 37.0 Å². The maximum absolute atomic E-state index is 9.23. The zero-order chi connectivity index (χ0) is 14.2. The van der Waals surface area contributed by atoms with Crippen molar-refractivity contribution in [2.75, 3.05) is 13.2 Å². The fourth-order valence-corrected chi connectivity index (χ4v) is 1.94. The standard InChI is InChI=1S/C14H28N2O2/c1-11(2)16-14(6,10-15)9-13(5)18-8-7-17-12(3)4/h11-13,16H,7-9H2,1-6H3. The molecule has 0 aromatic rings. The Kier molecular flexibility index (Phi) is 8.17. The first kappa shape index (κ1) is 17.4. The molecule has 106 valence electrons. The number of nitrogens with one attached hydrogen (secondary N) is 1. The van der Waals surface area contributed by atoms with Crippen molar-refractivity contribution in [1.82, 2.24) is 5.32 Å². The maximum Gasteiger partial charge on any atom is 0.106 e. The van der Waals surface area contributed by atoms with Crippen LogP contribution in [0.2, 0.25) is 0 Å². The Morgan fingerprint density at radius 3 is 2.11 bits per heavy atom. The lowest BCUT2D eigenvalue weighted by molar-refractivity contribution is -0.0142. The molecule has 0 rings (SSSR count). The van der Waals surface area contributed by atoms with Crippen molar-refractivity contribution >= 4 is 0 Å². The van der Waals surface area contributed by atoms with E-state index in [1.165, 1.54) is 0 Å². The number of hydrogen-bond acceptors (Lipinski definition) is 4. The summed E-state index contributed by atoms with van der Waals surface area (Å²) in [6, 6.07) is 2.61. The van der Waals surface area contributed by atoms with Crippen molar-refractivity contribution in [1.29, 1.82) is 5.26 Å². The summed E-state index contributed by atoms with van der Waals surface area (Å²) in [6.07, 6.45) is 0.941. The molecule has 4 heteroatoms. The highest BCUT2D eigenvalue weighted by Gasteiger charge is 2.27. The van der Waals surface area contributed by atoms with Crippen molar-refractivity contribution < 1.29 is 9.47 Å². The summed E-state index contributed by atoms with van der Waals surface area (Å²) in [6.45, 7) is 13.2. The molecule has 0 heterocycles. The van der Waals surface area contributed by atoms with Crippen LogP contribution in [0.1, 0.15) is 48.0 Å². The van der Waals surface area contributed by atoms with E-state index in [2.05, 4.69) is 11.4 Å². The largest absolute Gasteiger partial charge is 0.376 e. The van der Waals surface area contributed by atoms with Crippen LogP contribution in [0.25, 0.3) is 0 Å². The Bertz CT molecular complexity index is 261. The predicted octanol–water partition coefficient (Wildman–Crippen LogP) is 2.49. The van der Waals surface area contributed by atoms with Gasteiger partial charge < -0.3 is 9.47 Å². The van der Waals surface area contributed by atoms with Gasteiger partial charge in [0.2, 0.25) is 0 Å². The van der Waals surface area contributed by atoms with Crippen molar-refractivity contribution in [3.63, 3.8) is 0 Å². The van der Waals surface area contributed by atoms with Crippen LogP contribution in [0.3, 0.4) is 0 Å². The van der Waals surface area contributed by atoms with Gasteiger partial charge in [0.25, 0.3) is 0 Å². The number of rotatable bonds is 9. The van der Waals surface area contributed by atoms with E-state index in [9.17, 15) is 5.26 Å². The van der Waals surface area contributed by atoms with E-state index in [-0.39, 0.29) is 18.2 Å². The van der Waals surface area contributed by atoms with Crippen molar-refractivity contribution in [3.05, 3.63) is 0 Å². The van der Waals surface area contributed by atoms with E-state index in [1.807, 2.05) is 41.5 Å². The van der Waals surface area contributed by atoms with Crippen LogP contribution < -0.4 is 5.32 Å². The maximum atomic E-state index is 9.23. The molecular weight excluding hydrogens is 228 g/mol. The first-order valence-corrected chi connectivity index (χ1v) is 6.71. The number of ether oxygens (including phenoxy) is 2. The first-order valence-electron chi connectivity index (χ1n) is 6.71. The Morgan fingerprint density at radius 1 is 1.11 bits per heavy atom. The number of nitrogens with zero attached hydrogens (tertiary/aromatic N) is 1. The molecule has 0 aromatic heterocycles. The zero-order valence-corrected chi connectivity index (χ0v) is 12.6. The van der Waals surface area contributed by atoms with Gasteiger partial charge in [0.1, 0.15) is 5.54 Å². The monoisotopic (exact) mass is 256 g/mol. The van der Waals surface area contributed by atoms with Crippen LogP contribution in [0.5, 0.6) is 0 Å². The molecule has 0 bridgehead atoms. The summed E-state index contributed by atoms with van der Waals surface area (Å²) in [5.41, 5.74) is -0.535. The van der Waals surface area contributed by atoms with Gasteiger partial charge in [0.15, 0.2) is 0 Å². The Balaban J connectivity index is 3.97. The molecule has 0 aliphatic carbocycles. The first-order chi connectivity index (χ1) is 8.29. The molecule has 0 radical (unpaired) electrons. The number of hydrogen-bond donors (Lipinski definition) is 1. The predicted molar refractivity (Wildman–Crippen MR) is 73.4 cm³/mol. The van der Waals surface area contributed by atoms with Gasteiger partial charge in [0, 0.05) is 12.5 Å². The highest BCUT2D eigenvalue weighted by molar-refractivity contribution is 5.05. The Morgan fingerprint density at radius 2 is 1.67 bits per heavy atom. The fraction of sp³-hybridized carbons (Fsp3) is 0.929. The second-order valence-electron chi connectivity index (χ2n) is 5.55. The van der Waals surface area contributed by atoms with Gasteiger partial charge in [-0.15, -0.1) is 0 Å². The Labute approximate surface area is 112 Å². The molecular formula is C14H28N2O2. The molecule has 0 saturated carbocycles. The molecule has 2 atom stereocenters. The highest BCUT2D eigenvalue weighted by Crippen LogP contribution is 2.14. The highest BCUT2D eigenvalue weighted by atomic mass is 16.5. The van der Waals surface area contributed by atoms with Crippen LogP contribution in [-0.2, 0) is 9.47 Å². The second kappa shape index (κ2) is 8.47. The summed E-state index contributed by atoms with van der Waals surface area (Å²) >= 11 is 0. The third-order valence-corrected chi connectivity index (χ3v) is 2.49. The third kappa shape index (κ3) is 8.46. The van der Waals surface area contributed by atoms with E-state index >= 15 is 0 Å². The lowest BCUT2D eigenvalue weighted by Gasteiger charge is -2.28. The van der Waals surface area contributed by atoms with Gasteiger partial charge >= 0.3 is 0 Å². The fourth-order valence-electron chi connectivity index (χ4n) is 1.94. The molecule has 4 nitrogen and oxygen atoms in total. The molecule has 0 fully saturated rings. The topological polar surface area (TPSA) is 54.3 Å². The summed E-state index contributed by atoms with van der Waals surface area (Å²) < 4.78 is 11.1. The Hall–Kier alpha value is -0.630. The van der Waals surface area contributed by atoms with Gasteiger partial charge in [-0.3, -0.25) is 5.32 Å². The van der Waals surface area contributed by atoms with E-state index in [0.717, 1.165) is 0 Å². The van der Waals surface area contributed by atoms with Crippen LogP contribution in [0, 0.1) is 11.3 Å². The van der Waals surface area contributed by atoms with Gasteiger partial charge in [-0.2, -0.15) is 5.26 Å². The van der Waals surface area contributed by atoms with Gasteiger partial charge in [-0.25, -0.2) is 0 Å². The van der Waals surface area contributed by atoms with Crippen molar-refractivity contribution in [3.8, 4) is 6.07 Å². The molecule has 0 spiro atoms. The van der Waals surface area contributed by atoms with Crippen molar-refractivity contribution in [2.45, 2.75) is 71.8 Å².